The number of benzene rings is 2. The molecule has 2 aromatic rings. The van der Waals surface area contributed by atoms with Gasteiger partial charge in [-0.1, -0.05) is 37.3 Å². The van der Waals surface area contributed by atoms with Crippen molar-refractivity contribution in [2.75, 3.05) is 4.90 Å². The number of carbonyl (C=O) groups is 3. The molecule has 4 rings (SSSR count). The highest BCUT2D eigenvalue weighted by atomic mass is 35.5. The molecule has 1 aliphatic heterocycles. The molecule has 0 aromatic heterocycles. The van der Waals surface area contributed by atoms with Crippen molar-refractivity contribution in [2.24, 2.45) is 11.8 Å². The maximum absolute atomic E-state index is 12.7. The van der Waals surface area contributed by atoms with E-state index in [1.807, 2.05) is 42.2 Å². The number of carbonyl (C=O) groups excluding carboxylic acids is 3. The first-order chi connectivity index (χ1) is 14.9. The molecule has 1 heterocycles. The van der Waals surface area contributed by atoms with Crippen LogP contribution in [-0.4, -0.2) is 23.3 Å². The van der Waals surface area contributed by atoms with Crippen LogP contribution in [0.2, 0.25) is 0 Å². The van der Waals surface area contributed by atoms with E-state index in [0.29, 0.717) is 22.7 Å². The van der Waals surface area contributed by atoms with E-state index in [4.69, 9.17) is 16.3 Å². The van der Waals surface area contributed by atoms with Gasteiger partial charge < -0.3 is 15.0 Å². The molecular weight excluding hydrogens is 416 g/mol. The maximum atomic E-state index is 12.7. The van der Waals surface area contributed by atoms with Crippen molar-refractivity contribution >= 4 is 34.5 Å². The summed E-state index contributed by atoms with van der Waals surface area (Å²) in [6.07, 6.45) is 1.56. The van der Waals surface area contributed by atoms with Gasteiger partial charge in [-0.15, -0.1) is 0 Å². The minimum Gasteiger partial charge on any atom is -0.445 e. The number of ether oxygens (including phenoxy) is 1. The van der Waals surface area contributed by atoms with Crippen LogP contribution in [0.1, 0.15) is 54.2 Å². The quantitative estimate of drug-likeness (QED) is 0.676. The third-order valence-corrected chi connectivity index (χ3v) is 6.36. The Labute approximate surface area is 186 Å². The molecule has 3 atom stereocenters. The second-order valence-corrected chi connectivity index (χ2v) is 8.65. The Morgan fingerprint density at radius 2 is 1.84 bits per heavy atom. The molecule has 0 bridgehead atoms. The van der Waals surface area contributed by atoms with Crippen molar-refractivity contribution in [3.8, 4) is 0 Å². The topological polar surface area (TPSA) is 75.7 Å². The summed E-state index contributed by atoms with van der Waals surface area (Å²) in [6.45, 7) is 3.74. The zero-order valence-corrected chi connectivity index (χ0v) is 18.3. The molecule has 2 aliphatic rings. The average molecular weight is 441 g/mol. The minimum atomic E-state index is -0.584. The van der Waals surface area contributed by atoms with Crippen LogP contribution in [-0.2, 0) is 16.1 Å². The van der Waals surface area contributed by atoms with E-state index in [2.05, 4.69) is 5.32 Å². The van der Waals surface area contributed by atoms with Gasteiger partial charge in [-0.25, -0.2) is 4.79 Å². The van der Waals surface area contributed by atoms with Gasteiger partial charge in [0.05, 0.1) is 6.04 Å². The van der Waals surface area contributed by atoms with Crippen LogP contribution in [0.5, 0.6) is 0 Å². The van der Waals surface area contributed by atoms with Gasteiger partial charge in [0.15, 0.2) is 0 Å². The van der Waals surface area contributed by atoms with Gasteiger partial charge in [-0.05, 0) is 59.7 Å². The second kappa shape index (κ2) is 8.71. The van der Waals surface area contributed by atoms with Crippen LogP contribution in [0, 0.1) is 11.8 Å². The number of nitrogens with zero attached hydrogens (tertiary/aromatic N) is 1. The minimum absolute atomic E-state index is 0.0259. The lowest BCUT2D eigenvalue weighted by molar-refractivity contribution is -0.117. The SMILES string of the molecule is CC(=O)N1c2ccc(C(=O)Cl)cc2[C@H](NC(=O)OCc2ccccc2)[C@@H](C)[C@@H]1C1CC1. The molecule has 6 nitrogen and oxygen atoms in total. The van der Waals surface area contributed by atoms with Crippen molar-refractivity contribution in [1.29, 1.82) is 0 Å². The van der Waals surface area contributed by atoms with E-state index in [1.54, 1.807) is 25.1 Å². The summed E-state index contributed by atoms with van der Waals surface area (Å²) in [6, 6.07) is 14.1. The Morgan fingerprint density at radius 1 is 1.13 bits per heavy atom. The molecule has 2 amide bonds. The molecule has 7 heteroatoms. The largest absolute Gasteiger partial charge is 0.445 e. The number of nitrogens with one attached hydrogen (secondary N) is 1. The molecule has 0 saturated heterocycles. The number of anilines is 1. The van der Waals surface area contributed by atoms with Crippen molar-refractivity contribution in [3.63, 3.8) is 0 Å². The fraction of sp³-hybridized carbons (Fsp3) is 0.375. The summed E-state index contributed by atoms with van der Waals surface area (Å²) in [5.74, 6) is 0.278. The Balaban J connectivity index is 1.64. The second-order valence-electron chi connectivity index (χ2n) is 8.31. The summed E-state index contributed by atoms with van der Waals surface area (Å²) in [7, 11) is 0. The molecule has 0 radical (unpaired) electrons. The Bertz CT molecular complexity index is 1010. The van der Waals surface area contributed by atoms with Crippen LogP contribution in [0.15, 0.2) is 48.5 Å². The molecule has 0 spiro atoms. The van der Waals surface area contributed by atoms with E-state index in [9.17, 15) is 14.4 Å². The Morgan fingerprint density at radius 3 is 2.45 bits per heavy atom. The Hall–Kier alpha value is -2.86. The van der Waals surface area contributed by atoms with Gasteiger partial charge in [-0.3, -0.25) is 9.59 Å². The van der Waals surface area contributed by atoms with E-state index in [-0.39, 0.29) is 24.5 Å². The fourth-order valence-corrected chi connectivity index (χ4v) is 4.70. The molecule has 1 fully saturated rings. The van der Waals surface area contributed by atoms with Crippen molar-refractivity contribution in [1.82, 2.24) is 5.32 Å². The van der Waals surface area contributed by atoms with Crippen molar-refractivity contribution in [2.45, 2.75) is 45.4 Å². The predicted molar refractivity (Wildman–Crippen MR) is 118 cm³/mol. The zero-order valence-electron chi connectivity index (χ0n) is 17.5. The fourth-order valence-electron chi connectivity index (χ4n) is 4.58. The van der Waals surface area contributed by atoms with Crippen LogP contribution in [0.4, 0.5) is 10.5 Å². The summed E-state index contributed by atoms with van der Waals surface area (Å²) >= 11 is 5.71. The lowest BCUT2D eigenvalue weighted by Gasteiger charge is -2.45. The van der Waals surface area contributed by atoms with Crippen molar-refractivity contribution < 1.29 is 19.1 Å². The molecule has 31 heavy (non-hydrogen) atoms. The third kappa shape index (κ3) is 4.44. The predicted octanol–water partition coefficient (Wildman–Crippen LogP) is 4.81. The van der Waals surface area contributed by atoms with Crippen molar-refractivity contribution in [3.05, 3.63) is 65.2 Å². The number of hydrogen-bond donors (Lipinski definition) is 1. The highest BCUT2D eigenvalue weighted by molar-refractivity contribution is 6.67. The van der Waals surface area contributed by atoms with Crippen LogP contribution in [0.25, 0.3) is 0 Å². The smallest absolute Gasteiger partial charge is 0.407 e. The van der Waals surface area contributed by atoms with Crippen LogP contribution >= 0.6 is 11.6 Å². The van der Waals surface area contributed by atoms with Gasteiger partial charge >= 0.3 is 6.09 Å². The molecule has 1 N–H and O–H groups in total. The summed E-state index contributed by atoms with van der Waals surface area (Å²) in [4.78, 5) is 38.8. The Kier molecular flexibility index (Phi) is 6.01. The van der Waals surface area contributed by atoms with E-state index in [1.165, 1.54) is 0 Å². The molecule has 0 unspecified atom stereocenters. The van der Waals surface area contributed by atoms with Gasteiger partial charge in [0, 0.05) is 30.1 Å². The van der Waals surface area contributed by atoms with E-state index < -0.39 is 17.4 Å². The lowest BCUT2D eigenvalue weighted by atomic mass is 9.79. The standard InChI is InChI=1S/C24H25ClN2O4/c1-14-21(26-24(30)31-13-16-6-4-3-5-7-16)19-12-18(23(25)29)10-11-20(19)27(15(2)28)22(14)17-8-9-17/h3-7,10-12,14,17,21-22H,8-9,13H2,1-2H3,(H,26,30)/t14-,21-,22-/m1/s1. The molecule has 2 aromatic carbocycles. The summed E-state index contributed by atoms with van der Waals surface area (Å²) in [5.41, 5.74) is 2.62. The summed E-state index contributed by atoms with van der Waals surface area (Å²) < 4.78 is 5.43. The molecule has 1 aliphatic carbocycles. The molecule has 162 valence electrons. The van der Waals surface area contributed by atoms with Gasteiger partial charge in [-0.2, -0.15) is 0 Å². The van der Waals surface area contributed by atoms with Gasteiger partial charge in [0.2, 0.25) is 5.91 Å². The van der Waals surface area contributed by atoms with E-state index >= 15 is 0 Å². The average Bonchev–Trinajstić information content (AvgIpc) is 3.59. The molecular formula is C24H25ClN2O4. The number of halogens is 1. The first kappa shape index (κ1) is 21.4. The number of hydrogen-bond acceptors (Lipinski definition) is 4. The summed E-state index contributed by atoms with van der Waals surface area (Å²) in [5, 5.41) is 2.40. The number of alkyl carbamates (subject to hydrolysis) is 1. The van der Waals surface area contributed by atoms with Gasteiger partial charge in [0.25, 0.3) is 5.24 Å². The lowest BCUT2D eigenvalue weighted by Crippen LogP contribution is -2.53. The zero-order chi connectivity index (χ0) is 22.1. The normalized spacial score (nSPS) is 22.4. The first-order valence-electron chi connectivity index (χ1n) is 10.5. The maximum Gasteiger partial charge on any atom is 0.407 e. The van der Waals surface area contributed by atoms with Gasteiger partial charge in [0.1, 0.15) is 6.61 Å². The van der Waals surface area contributed by atoms with E-state index in [0.717, 1.165) is 18.4 Å². The molecule has 1 saturated carbocycles. The monoisotopic (exact) mass is 440 g/mol. The highest BCUT2D eigenvalue weighted by Gasteiger charge is 2.48. The highest BCUT2D eigenvalue weighted by Crippen LogP contribution is 2.49. The third-order valence-electron chi connectivity index (χ3n) is 6.14. The number of fused-ring (bicyclic) bond motifs is 1. The number of rotatable bonds is 5. The van der Waals surface area contributed by atoms with Crippen LogP contribution < -0.4 is 10.2 Å². The number of amides is 2. The first-order valence-corrected chi connectivity index (χ1v) is 10.9. The van der Waals surface area contributed by atoms with Crippen LogP contribution in [0.3, 0.4) is 0 Å².